The van der Waals surface area contributed by atoms with E-state index >= 15 is 0 Å². The summed E-state index contributed by atoms with van der Waals surface area (Å²) in [6, 6.07) is 8.51. The van der Waals surface area contributed by atoms with E-state index in [4.69, 9.17) is 39.9 Å². The van der Waals surface area contributed by atoms with Gasteiger partial charge >= 0.3 is 5.97 Å². The molecule has 2 aromatic carbocycles. The zero-order valence-corrected chi connectivity index (χ0v) is 15.4. The summed E-state index contributed by atoms with van der Waals surface area (Å²) in [6.07, 6.45) is 0. The standard InChI is InChI=1S/C15H12Cl3NO4S/c1-9-2-3-10(16)6-13(9)19(8-15(20)21)24(22,23)14-7-11(17)4-5-12(14)18/h2-7H,8H2,1H3,(H,20,21). The molecule has 128 valence electrons. The number of carboxylic acid groups (broad SMARTS) is 1. The summed E-state index contributed by atoms with van der Waals surface area (Å²) in [4.78, 5) is 10.9. The number of hydrogen-bond donors (Lipinski definition) is 1. The van der Waals surface area contributed by atoms with E-state index in [1.54, 1.807) is 19.1 Å². The van der Waals surface area contributed by atoms with Crippen LogP contribution in [0.3, 0.4) is 0 Å². The molecule has 9 heteroatoms. The highest BCUT2D eigenvalue weighted by atomic mass is 35.5. The number of aryl methyl sites for hydroxylation is 1. The maximum absolute atomic E-state index is 13.0. The molecule has 0 saturated carbocycles. The Morgan fingerprint density at radius 3 is 2.29 bits per heavy atom. The number of sulfonamides is 1. The SMILES string of the molecule is Cc1ccc(Cl)cc1N(CC(=O)O)S(=O)(=O)c1cc(Cl)ccc1Cl. The number of benzene rings is 2. The first-order chi connectivity index (χ1) is 11.1. The molecule has 0 amide bonds. The predicted molar refractivity (Wildman–Crippen MR) is 94.8 cm³/mol. The van der Waals surface area contributed by atoms with E-state index < -0.39 is 22.5 Å². The summed E-state index contributed by atoms with van der Waals surface area (Å²) >= 11 is 17.8. The van der Waals surface area contributed by atoms with Crippen molar-refractivity contribution in [3.05, 3.63) is 57.0 Å². The highest BCUT2D eigenvalue weighted by Crippen LogP contribution is 2.33. The molecule has 0 fully saturated rings. The van der Waals surface area contributed by atoms with E-state index in [1.807, 2.05) is 0 Å². The number of rotatable bonds is 5. The van der Waals surface area contributed by atoms with Crippen LogP contribution in [0.4, 0.5) is 5.69 Å². The topological polar surface area (TPSA) is 74.7 Å². The van der Waals surface area contributed by atoms with Crippen LogP contribution in [0.5, 0.6) is 0 Å². The van der Waals surface area contributed by atoms with Gasteiger partial charge in [0, 0.05) is 10.0 Å². The van der Waals surface area contributed by atoms with Crippen LogP contribution in [0.1, 0.15) is 5.56 Å². The minimum Gasteiger partial charge on any atom is -0.480 e. The van der Waals surface area contributed by atoms with E-state index in [0.29, 0.717) is 5.56 Å². The van der Waals surface area contributed by atoms with Gasteiger partial charge in [0.1, 0.15) is 11.4 Å². The van der Waals surface area contributed by atoms with Gasteiger partial charge in [-0.25, -0.2) is 8.42 Å². The average Bonchev–Trinajstić information content (AvgIpc) is 2.49. The molecule has 1 N–H and O–H groups in total. The summed E-state index contributed by atoms with van der Waals surface area (Å²) in [5.74, 6) is -1.32. The summed E-state index contributed by atoms with van der Waals surface area (Å²) in [6.45, 7) is 0.863. The highest BCUT2D eigenvalue weighted by molar-refractivity contribution is 7.93. The van der Waals surface area contributed by atoms with Gasteiger partial charge in [-0.15, -0.1) is 0 Å². The maximum atomic E-state index is 13.0. The van der Waals surface area contributed by atoms with Gasteiger partial charge in [-0.3, -0.25) is 9.10 Å². The van der Waals surface area contributed by atoms with Gasteiger partial charge in [0.2, 0.25) is 0 Å². The molecular formula is C15H12Cl3NO4S. The van der Waals surface area contributed by atoms with Crippen LogP contribution in [-0.2, 0) is 14.8 Å². The molecule has 0 aliphatic rings. The fourth-order valence-electron chi connectivity index (χ4n) is 2.07. The van der Waals surface area contributed by atoms with Crippen LogP contribution in [0.25, 0.3) is 0 Å². The fraction of sp³-hybridized carbons (Fsp3) is 0.133. The Hall–Kier alpha value is -1.47. The van der Waals surface area contributed by atoms with E-state index in [9.17, 15) is 13.2 Å². The van der Waals surface area contributed by atoms with Crippen molar-refractivity contribution in [1.82, 2.24) is 0 Å². The molecule has 0 aliphatic carbocycles. The normalized spacial score (nSPS) is 11.3. The van der Waals surface area contributed by atoms with E-state index in [2.05, 4.69) is 0 Å². The summed E-state index contributed by atoms with van der Waals surface area (Å²) in [7, 11) is -4.26. The van der Waals surface area contributed by atoms with Crippen molar-refractivity contribution >= 4 is 56.5 Å². The van der Waals surface area contributed by atoms with Crippen molar-refractivity contribution in [1.29, 1.82) is 0 Å². The molecule has 5 nitrogen and oxygen atoms in total. The van der Waals surface area contributed by atoms with Crippen molar-refractivity contribution in [3.8, 4) is 0 Å². The van der Waals surface area contributed by atoms with Gasteiger partial charge in [0.05, 0.1) is 10.7 Å². The molecule has 0 radical (unpaired) electrons. The Balaban J connectivity index is 2.69. The Kier molecular flexibility index (Phi) is 5.65. The van der Waals surface area contributed by atoms with E-state index in [-0.39, 0.29) is 25.7 Å². The number of carbonyl (C=O) groups is 1. The third-order valence-electron chi connectivity index (χ3n) is 3.18. The van der Waals surface area contributed by atoms with Gasteiger partial charge < -0.3 is 5.11 Å². The minimum atomic E-state index is -4.26. The number of nitrogens with zero attached hydrogens (tertiary/aromatic N) is 1. The molecule has 0 saturated heterocycles. The molecule has 0 atom stereocenters. The second-order valence-corrected chi connectivity index (χ2v) is 8.02. The third kappa shape index (κ3) is 3.95. The third-order valence-corrected chi connectivity index (χ3v) is 5.89. The summed E-state index contributed by atoms with van der Waals surface area (Å²) in [5, 5.41) is 9.52. The number of halogens is 3. The number of anilines is 1. The van der Waals surface area contributed by atoms with Gasteiger partial charge in [-0.2, -0.15) is 0 Å². The van der Waals surface area contributed by atoms with Gasteiger partial charge in [-0.05, 0) is 42.8 Å². The second kappa shape index (κ2) is 7.19. The van der Waals surface area contributed by atoms with Crippen molar-refractivity contribution in [2.45, 2.75) is 11.8 Å². The Morgan fingerprint density at radius 1 is 1.08 bits per heavy atom. The number of carboxylic acids is 1. The monoisotopic (exact) mass is 407 g/mol. The minimum absolute atomic E-state index is 0.0607. The van der Waals surface area contributed by atoms with E-state index in [1.165, 1.54) is 24.3 Å². The zero-order chi connectivity index (χ0) is 18.1. The first kappa shape index (κ1) is 18.9. The lowest BCUT2D eigenvalue weighted by molar-refractivity contribution is -0.135. The fourth-order valence-corrected chi connectivity index (χ4v) is 4.44. The van der Waals surface area contributed by atoms with Crippen molar-refractivity contribution in [3.63, 3.8) is 0 Å². The van der Waals surface area contributed by atoms with Crippen LogP contribution < -0.4 is 4.31 Å². The maximum Gasteiger partial charge on any atom is 0.324 e. The molecule has 0 aromatic heterocycles. The van der Waals surface area contributed by atoms with Crippen LogP contribution in [0, 0.1) is 6.92 Å². The molecule has 0 heterocycles. The Bertz CT molecular complexity index is 900. The first-order valence-electron chi connectivity index (χ1n) is 6.58. The molecule has 0 aliphatic heterocycles. The zero-order valence-electron chi connectivity index (χ0n) is 12.3. The van der Waals surface area contributed by atoms with Gasteiger partial charge in [0.15, 0.2) is 0 Å². The predicted octanol–water partition coefficient (Wildman–Crippen LogP) is 4.24. The van der Waals surface area contributed by atoms with Gasteiger partial charge in [-0.1, -0.05) is 40.9 Å². The second-order valence-electron chi connectivity index (χ2n) is 4.91. The lowest BCUT2D eigenvalue weighted by Crippen LogP contribution is -2.36. The summed E-state index contributed by atoms with van der Waals surface area (Å²) in [5.41, 5.74) is 0.698. The Morgan fingerprint density at radius 2 is 1.67 bits per heavy atom. The summed E-state index contributed by atoms with van der Waals surface area (Å²) < 4.78 is 26.7. The van der Waals surface area contributed by atoms with Crippen molar-refractivity contribution in [2.24, 2.45) is 0 Å². The van der Waals surface area contributed by atoms with Crippen molar-refractivity contribution < 1.29 is 18.3 Å². The number of aliphatic carboxylic acids is 1. The van der Waals surface area contributed by atoms with Gasteiger partial charge in [0.25, 0.3) is 10.0 Å². The first-order valence-corrected chi connectivity index (χ1v) is 9.16. The van der Waals surface area contributed by atoms with Crippen LogP contribution in [0.2, 0.25) is 15.1 Å². The molecule has 0 spiro atoms. The molecule has 0 bridgehead atoms. The van der Waals surface area contributed by atoms with Crippen molar-refractivity contribution in [2.75, 3.05) is 10.8 Å². The largest absolute Gasteiger partial charge is 0.480 e. The Labute approximate surface area is 154 Å². The average molecular weight is 409 g/mol. The van der Waals surface area contributed by atoms with E-state index in [0.717, 1.165) is 4.31 Å². The molecule has 2 rings (SSSR count). The number of hydrogen-bond acceptors (Lipinski definition) is 3. The van der Waals surface area contributed by atoms with Crippen LogP contribution in [-0.4, -0.2) is 26.0 Å². The van der Waals surface area contributed by atoms with Crippen LogP contribution in [0.15, 0.2) is 41.3 Å². The molecule has 24 heavy (non-hydrogen) atoms. The molecular weight excluding hydrogens is 397 g/mol. The quantitative estimate of drug-likeness (QED) is 0.803. The molecule has 2 aromatic rings. The smallest absolute Gasteiger partial charge is 0.324 e. The highest BCUT2D eigenvalue weighted by Gasteiger charge is 2.30. The lowest BCUT2D eigenvalue weighted by atomic mass is 10.2. The molecule has 0 unspecified atom stereocenters. The van der Waals surface area contributed by atoms with Crippen LogP contribution >= 0.6 is 34.8 Å². The lowest BCUT2D eigenvalue weighted by Gasteiger charge is -2.25.